The number of aromatic nitrogens is 3. The van der Waals surface area contributed by atoms with Crippen LogP contribution in [0.2, 0.25) is 0 Å². The molecule has 2 aromatic heterocycles. The normalized spacial score (nSPS) is 10.8. The maximum atomic E-state index is 10.4. The Balaban J connectivity index is 1.92. The maximum Gasteiger partial charge on any atom is 0.328 e. The van der Waals surface area contributed by atoms with Gasteiger partial charge >= 0.3 is 5.97 Å². The SMILES string of the molecule is CCc1nnc(COc2ccc(C=CC(=O)O)nc2)o1. The molecule has 0 saturated carbocycles. The van der Waals surface area contributed by atoms with Crippen molar-refractivity contribution in [3.8, 4) is 5.75 Å². The molecule has 0 fully saturated rings. The molecule has 0 aliphatic rings. The number of hydrogen-bond acceptors (Lipinski definition) is 6. The van der Waals surface area contributed by atoms with Crippen molar-refractivity contribution in [1.82, 2.24) is 15.2 Å². The predicted molar refractivity (Wildman–Crippen MR) is 68.9 cm³/mol. The Bertz CT molecular complexity index is 604. The summed E-state index contributed by atoms with van der Waals surface area (Å²) in [5.74, 6) is 0.483. The number of aliphatic carboxylic acids is 1. The van der Waals surface area contributed by atoms with Crippen LogP contribution >= 0.6 is 0 Å². The van der Waals surface area contributed by atoms with E-state index in [9.17, 15) is 4.79 Å². The van der Waals surface area contributed by atoms with Crippen LogP contribution in [0.25, 0.3) is 6.08 Å². The van der Waals surface area contributed by atoms with Gasteiger partial charge in [-0.05, 0) is 18.2 Å². The fourth-order valence-corrected chi connectivity index (χ4v) is 1.37. The highest BCUT2D eigenvalue weighted by Gasteiger charge is 2.05. The van der Waals surface area contributed by atoms with Gasteiger partial charge in [-0.25, -0.2) is 4.79 Å². The molecular weight excluding hydrogens is 262 g/mol. The second kappa shape index (κ2) is 6.46. The Labute approximate surface area is 114 Å². The van der Waals surface area contributed by atoms with Crippen molar-refractivity contribution < 1.29 is 19.1 Å². The van der Waals surface area contributed by atoms with Gasteiger partial charge in [0.05, 0.1) is 11.9 Å². The zero-order chi connectivity index (χ0) is 14.4. The average molecular weight is 275 g/mol. The highest BCUT2D eigenvalue weighted by Crippen LogP contribution is 2.12. The molecule has 104 valence electrons. The van der Waals surface area contributed by atoms with Gasteiger partial charge in [-0.2, -0.15) is 0 Å². The van der Waals surface area contributed by atoms with Crippen molar-refractivity contribution in [1.29, 1.82) is 0 Å². The fourth-order valence-electron chi connectivity index (χ4n) is 1.37. The Hall–Kier alpha value is -2.70. The largest absolute Gasteiger partial charge is 0.482 e. The molecule has 0 aliphatic heterocycles. The Kier molecular flexibility index (Phi) is 4.43. The van der Waals surface area contributed by atoms with Crippen LogP contribution < -0.4 is 4.74 Å². The number of hydrogen-bond donors (Lipinski definition) is 1. The third-order valence-corrected chi connectivity index (χ3v) is 2.33. The molecule has 0 aromatic carbocycles. The molecule has 20 heavy (non-hydrogen) atoms. The smallest absolute Gasteiger partial charge is 0.328 e. The monoisotopic (exact) mass is 275 g/mol. The molecule has 0 saturated heterocycles. The number of nitrogens with zero attached hydrogens (tertiary/aromatic N) is 3. The van der Waals surface area contributed by atoms with E-state index >= 15 is 0 Å². The van der Waals surface area contributed by atoms with Gasteiger partial charge in [-0.3, -0.25) is 4.98 Å². The van der Waals surface area contributed by atoms with E-state index in [1.807, 2.05) is 6.92 Å². The standard InChI is InChI=1S/C13H13N3O4/c1-2-11-15-16-12(20-11)8-19-10-5-3-9(14-7-10)4-6-13(17)18/h3-7H,2,8H2,1H3,(H,17,18). The van der Waals surface area contributed by atoms with E-state index in [1.54, 1.807) is 12.1 Å². The second-order valence-corrected chi connectivity index (χ2v) is 3.82. The first kappa shape index (κ1) is 13.7. The molecular formula is C13H13N3O4. The first-order valence-corrected chi connectivity index (χ1v) is 5.98. The number of carboxylic acid groups (broad SMARTS) is 1. The second-order valence-electron chi connectivity index (χ2n) is 3.82. The Morgan fingerprint density at radius 2 is 2.20 bits per heavy atom. The van der Waals surface area contributed by atoms with E-state index in [4.69, 9.17) is 14.3 Å². The van der Waals surface area contributed by atoms with Crippen molar-refractivity contribution in [2.24, 2.45) is 0 Å². The number of carbonyl (C=O) groups is 1. The van der Waals surface area contributed by atoms with Crippen LogP contribution in [0.15, 0.2) is 28.8 Å². The summed E-state index contributed by atoms with van der Waals surface area (Å²) in [6.45, 7) is 2.09. The summed E-state index contributed by atoms with van der Waals surface area (Å²) in [5, 5.41) is 16.2. The molecule has 7 heteroatoms. The van der Waals surface area contributed by atoms with Crippen molar-refractivity contribution in [2.45, 2.75) is 20.0 Å². The molecule has 0 bridgehead atoms. The quantitative estimate of drug-likeness (QED) is 0.801. The minimum Gasteiger partial charge on any atom is -0.482 e. The van der Waals surface area contributed by atoms with E-state index in [0.29, 0.717) is 29.6 Å². The molecule has 7 nitrogen and oxygen atoms in total. The topological polar surface area (TPSA) is 98.3 Å². The summed E-state index contributed by atoms with van der Waals surface area (Å²) in [6.07, 6.45) is 4.60. The summed E-state index contributed by atoms with van der Waals surface area (Å²) >= 11 is 0. The van der Waals surface area contributed by atoms with Gasteiger partial charge in [-0.15, -0.1) is 10.2 Å². The van der Waals surface area contributed by atoms with E-state index < -0.39 is 5.97 Å². The average Bonchev–Trinajstić information content (AvgIpc) is 2.92. The number of ether oxygens (including phenoxy) is 1. The summed E-state index contributed by atoms with van der Waals surface area (Å²) in [5.41, 5.74) is 0.533. The van der Waals surface area contributed by atoms with Crippen molar-refractivity contribution in [3.05, 3.63) is 41.9 Å². The van der Waals surface area contributed by atoms with Crippen LogP contribution in [-0.2, 0) is 17.8 Å². The van der Waals surface area contributed by atoms with Crippen molar-refractivity contribution in [3.63, 3.8) is 0 Å². The van der Waals surface area contributed by atoms with Crippen LogP contribution in [0.3, 0.4) is 0 Å². The molecule has 0 radical (unpaired) electrons. The zero-order valence-electron chi connectivity index (χ0n) is 10.8. The third kappa shape index (κ3) is 3.91. The molecule has 0 atom stereocenters. The maximum absolute atomic E-state index is 10.4. The fraction of sp³-hybridized carbons (Fsp3) is 0.231. The first-order chi connectivity index (χ1) is 9.67. The molecule has 0 amide bonds. The van der Waals surface area contributed by atoms with Crippen LogP contribution in [0, 0.1) is 0 Å². The van der Waals surface area contributed by atoms with Crippen molar-refractivity contribution >= 4 is 12.0 Å². The highest BCUT2D eigenvalue weighted by molar-refractivity contribution is 5.84. The van der Waals surface area contributed by atoms with Gasteiger partial charge in [0.1, 0.15) is 5.75 Å². The molecule has 2 aromatic rings. The van der Waals surface area contributed by atoms with E-state index in [-0.39, 0.29) is 6.61 Å². The summed E-state index contributed by atoms with van der Waals surface area (Å²) < 4.78 is 10.7. The van der Waals surface area contributed by atoms with Gasteiger partial charge in [0, 0.05) is 12.5 Å². The summed E-state index contributed by atoms with van der Waals surface area (Å²) in [6, 6.07) is 3.34. The Morgan fingerprint density at radius 1 is 1.40 bits per heavy atom. The minimum absolute atomic E-state index is 0.166. The Morgan fingerprint density at radius 3 is 2.80 bits per heavy atom. The molecule has 2 heterocycles. The number of pyridine rings is 1. The zero-order valence-corrected chi connectivity index (χ0v) is 10.8. The molecule has 0 unspecified atom stereocenters. The van der Waals surface area contributed by atoms with Gasteiger partial charge < -0.3 is 14.3 Å². The van der Waals surface area contributed by atoms with Gasteiger partial charge in [0.25, 0.3) is 5.89 Å². The van der Waals surface area contributed by atoms with Crippen molar-refractivity contribution in [2.75, 3.05) is 0 Å². The molecule has 0 spiro atoms. The third-order valence-electron chi connectivity index (χ3n) is 2.33. The van der Waals surface area contributed by atoms with E-state index in [1.165, 1.54) is 12.3 Å². The number of carboxylic acids is 1. The number of rotatable bonds is 6. The summed E-state index contributed by atoms with van der Waals surface area (Å²) in [7, 11) is 0. The highest BCUT2D eigenvalue weighted by atomic mass is 16.5. The van der Waals surface area contributed by atoms with Crippen LogP contribution in [0.4, 0.5) is 0 Å². The first-order valence-electron chi connectivity index (χ1n) is 5.98. The lowest BCUT2D eigenvalue weighted by Gasteiger charge is -2.02. The lowest BCUT2D eigenvalue weighted by molar-refractivity contribution is -0.131. The molecule has 1 N–H and O–H groups in total. The predicted octanol–water partition coefficient (Wildman–Crippen LogP) is 1.70. The van der Waals surface area contributed by atoms with Crippen LogP contribution in [0.5, 0.6) is 5.75 Å². The van der Waals surface area contributed by atoms with Crippen LogP contribution in [0.1, 0.15) is 24.4 Å². The minimum atomic E-state index is -1.02. The van der Waals surface area contributed by atoms with E-state index in [2.05, 4.69) is 15.2 Å². The van der Waals surface area contributed by atoms with Crippen LogP contribution in [-0.4, -0.2) is 26.3 Å². The van der Waals surface area contributed by atoms with Gasteiger partial charge in [0.15, 0.2) is 6.61 Å². The van der Waals surface area contributed by atoms with E-state index in [0.717, 1.165) is 6.08 Å². The van der Waals surface area contributed by atoms with Gasteiger partial charge in [-0.1, -0.05) is 6.92 Å². The summed E-state index contributed by atoms with van der Waals surface area (Å²) in [4.78, 5) is 14.4. The molecule has 0 aliphatic carbocycles. The number of aryl methyl sites for hydroxylation is 1. The lowest BCUT2D eigenvalue weighted by Crippen LogP contribution is -1.96. The van der Waals surface area contributed by atoms with Gasteiger partial charge in [0.2, 0.25) is 5.89 Å². The lowest BCUT2D eigenvalue weighted by atomic mass is 10.3. The molecule has 2 rings (SSSR count).